The third-order valence-corrected chi connectivity index (χ3v) is 28.0. The summed E-state index contributed by atoms with van der Waals surface area (Å²) in [7, 11) is 0. The zero-order valence-electron chi connectivity index (χ0n) is 84.2. The maximum Gasteiger partial charge on any atom is 0.148 e. The molecule has 148 heavy (non-hydrogen) atoms. The van der Waals surface area contributed by atoms with Crippen LogP contribution < -0.4 is 24.3 Å². The lowest BCUT2D eigenvalue weighted by Gasteiger charge is -2.23. The molecule has 4 saturated heterocycles. The van der Waals surface area contributed by atoms with E-state index in [0.717, 1.165) is 221 Å². The van der Waals surface area contributed by atoms with Gasteiger partial charge in [0.15, 0.2) is 0 Å². The molecule has 768 valence electrons. The predicted octanol–water partition coefficient (Wildman–Crippen LogP) is 28.3. The predicted molar refractivity (Wildman–Crippen MR) is 567 cm³/mol. The van der Waals surface area contributed by atoms with Crippen LogP contribution in [0.15, 0.2) is 213 Å². The van der Waals surface area contributed by atoms with Gasteiger partial charge >= 0.3 is 0 Å². The number of aromatic nitrogens is 13. The van der Waals surface area contributed by atoms with Crippen molar-refractivity contribution in [3.8, 4) is 23.0 Å². The molecular weight excluding hydrogens is 1910 g/mol. The molecule has 5 N–H and O–H groups in total. The van der Waals surface area contributed by atoms with Gasteiger partial charge in [0, 0.05) is 198 Å². The molecule has 4 aliphatic rings. The molecule has 20 rings (SSSR count). The Morgan fingerprint density at radius 3 is 1.13 bits per heavy atom. The molecule has 22 nitrogen and oxygen atoms in total. The van der Waals surface area contributed by atoms with Gasteiger partial charge in [0.1, 0.15) is 88.2 Å². The standard InChI is InChI=1S/C30H31ClFN3O2.C30H31F2N3O2.2C29H30F2N4O2/c1-19-4-3-5-26(31)30(19)20(2)37-24-10-11-28-25(16-24)29(35-34-28)17-27(32)22-7-9-23(33-18-22)8-6-21-12-14-36-15-13-21;1-19-15-23(31)5-9-26(19)20(2)37-25-8-10-29-27(16-25)30(35-34-29)17-28(32)22-4-7-24(33-18-22)6-3-21-11-13-36-14-12-21;1-18-15-32-17-26(31)29(18)19(2)37-23-7-8-27-24(13-23)28(35-34-27)14-25(30)21-4-6-22(33-16-21)5-3-20-9-11-36-12-10-20;1-18-11-21(13-22(30)12-18)19(2)37-25-5-6-28-26(14-25)29(35-34-28)15-27(31)20-3-4-24(32-16-20)17-33-23-7-9-36-10-8-23/h3-5,7,9-11,16-18,20-21H,6,8,12-15H2,1-2H3,(H,34,35);4-5,7-10,15-18,20-21H,3,6,11-14H2,1-2H3,(H,34,35);4,6-8,13-17,19-20H,3,5,9-12H2,1-2H3,(H,34,35);3-6,11-16,19,23,33H,7-10,17H2,1-2H3,(H,34,35)/b27-17-;28-17-;25-14-;27-15-. The number of nitrogens with zero attached hydrogens (tertiary/aromatic N) is 9. The Morgan fingerprint density at radius 2 is 0.757 bits per heavy atom. The van der Waals surface area contributed by atoms with Crippen molar-refractivity contribution in [2.45, 2.75) is 182 Å². The van der Waals surface area contributed by atoms with Gasteiger partial charge in [-0.05, 0) is 348 Å². The highest BCUT2D eigenvalue weighted by Gasteiger charge is 2.25. The van der Waals surface area contributed by atoms with Crippen molar-refractivity contribution in [1.29, 1.82) is 0 Å². The molecule has 30 heteroatoms. The van der Waals surface area contributed by atoms with E-state index in [2.05, 4.69) is 71.0 Å². The van der Waals surface area contributed by atoms with E-state index < -0.39 is 29.4 Å². The maximum atomic E-state index is 15.2. The molecule has 9 aromatic heterocycles. The van der Waals surface area contributed by atoms with Crippen LogP contribution in [0.1, 0.15) is 235 Å². The van der Waals surface area contributed by atoms with E-state index in [1.54, 1.807) is 99.4 Å². The van der Waals surface area contributed by atoms with Crippen LogP contribution in [-0.4, -0.2) is 125 Å². The van der Waals surface area contributed by atoms with Crippen LogP contribution in [0.4, 0.5) is 30.7 Å². The van der Waals surface area contributed by atoms with Crippen LogP contribution in [0.2, 0.25) is 5.02 Å². The highest BCUT2D eigenvalue weighted by atomic mass is 35.5. The quantitative estimate of drug-likeness (QED) is 0.0245. The van der Waals surface area contributed by atoms with Gasteiger partial charge in [-0.1, -0.05) is 35.9 Å². The number of H-pyrrole nitrogens is 4. The minimum Gasteiger partial charge on any atom is -0.486 e. The molecule has 0 spiro atoms. The molecule has 4 unspecified atom stereocenters. The summed E-state index contributed by atoms with van der Waals surface area (Å²) in [4.78, 5) is 21.7. The fourth-order valence-corrected chi connectivity index (χ4v) is 19.5. The number of hydrogen-bond donors (Lipinski definition) is 5. The highest BCUT2D eigenvalue weighted by Crippen LogP contribution is 2.39. The summed E-state index contributed by atoms with van der Waals surface area (Å²) in [5, 5.41) is 35.9. The number of hydrogen-bond acceptors (Lipinski definition) is 18. The third kappa shape index (κ3) is 28.3. The van der Waals surface area contributed by atoms with Crippen molar-refractivity contribution in [1.82, 2.24) is 71.0 Å². The second-order valence-electron chi connectivity index (χ2n) is 38.4. The molecule has 4 fully saturated rings. The molecule has 16 aromatic rings. The second kappa shape index (κ2) is 50.6. The Labute approximate surface area is 861 Å². The number of halogens is 8. The van der Waals surface area contributed by atoms with Gasteiger partial charge < -0.3 is 43.2 Å². The van der Waals surface area contributed by atoms with Crippen LogP contribution in [0.3, 0.4) is 0 Å². The highest BCUT2D eigenvalue weighted by molar-refractivity contribution is 6.31. The van der Waals surface area contributed by atoms with Crippen molar-refractivity contribution in [2.24, 2.45) is 17.8 Å². The molecule has 0 radical (unpaired) electrons. The summed E-state index contributed by atoms with van der Waals surface area (Å²) in [5.74, 6) is 1.85. The summed E-state index contributed by atoms with van der Waals surface area (Å²) < 4.78 is 148. The lowest BCUT2D eigenvalue weighted by atomic mass is 9.94. The van der Waals surface area contributed by atoms with Crippen molar-refractivity contribution < 1.29 is 68.6 Å². The van der Waals surface area contributed by atoms with E-state index >= 15 is 17.6 Å². The summed E-state index contributed by atoms with van der Waals surface area (Å²) >= 11 is 6.42. The van der Waals surface area contributed by atoms with E-state index in [0.29, 0.717) is 136 Å². The monoisotopic (exact) mass is 2030 g/mol. The van der Waals surface area contributed by atoms with Crippen LogP contribution in [-0.2, 0) is 44.8 Å². The first kappa shape index (κ1) is 105. The van der Waals surface area contributed by atoms with Gasteiger partial charge in [0.2, 0.25) is 0 Å². The van der Waals surface area contributed by atoms with Gasteiger partial charge in [0.05, 0.1) is 56.7 Å². The second-order valence-corrected chi connectivity index (χ2v) is 38.8. The first-order chi connectivity index (χ1) is 71.8. The summed E-state index contributed by atoms with van der Waals surface area (Å²) in [6.07, 6.45) is 27.9. The average Bonchev–Trinajstić information content (AvgIpc) is 1.67. The van der Waals surface area contributed by atoms with Gasteiger partial charge in [-0.25, -0.2) is 30.7 Å². The Hall–Kier alpha value is -14.1. The number of aromatic amines is 4. The first-order valence-corrected chi connectivity index (χ1v) is 51.1. The molecule has 0 amide bonds. The Balaban J connectivity index is 0.000000135. The van der Waals surface area contributed by atoms with Crippen LogP contribution >= 0.6 is 11.6 Å². The van der Waals surface area contributed by atoms with Crippen molar-refractivity contribution in [3.63, 3.8) is 0 Å². The first-order valence-electron chi connectivity index (χ1n) is 50.7. The zero-order chi connectivity index (χ0) is 103. The van der Waals surface area contributed by atoms with E-state index in [9.17, 15) is 13.2 Å². The number of fused-ring (bicyclic) bond motifs is 4. The zero-order valence-corrected chi connectivity index (χ0v) is 85.0. The molecule has 4 atom stereocenters. The van der Waals surface area contributed by atoms with Crippen molar-refractivity contribution in [3.05, 3.63) is 348 Å². The third-order valence-electron chi connectivity index (χ3n) is 27.6. The maximum absolute atomic E-state index is 15.2. The normalized spacial score (nSPS) is 15.7. The molecule has 7 aromatic carbocycles. The lowest BCUT2D eigenvalue weighted by molar-refractivity contribution is 0.0638. The van der Waals surface area contributed by atoms with E-state index in [1.165, 1.54) is 54.8 Å². The van der Waals surface area contributed by atoms with Gasteiger partial charge in [-0.3, -0.25) is 45.3 Å². The van der Waals surface area contributed by atoms with Crippen LogP contribution in [0.5, 0.6) is 23.0 Å². The molecule has 0 aliphatic carbocycles. The van der Waals surface area contributed by atoms with E-state index in [-0.39, 0.29) is 35.8 Å². The fourth-order valence-electron chi connectivity index (χ4n) is 19.1. The minimum atomic E-state index is -0.529. The number of pyridine rings is 5. The van der Waals surface area contributed by atoms with Crippen LogP contribution in [0, 0.1) is 62.9 Å². The van der Waals surface area contributed by atoms with Gasteiger partial charge in [-0.15, -0.1) is 0 Å². The van der Waals surface area contributed by atoms with E-state index in [4.69, 9.17) is 49.5 Å². The molecule has 0 saturated carbocycles. The number of rotatable bonds is 32. The molecule has 13 heterocycles. The average molecular weight is 2030 g/mol. The molecule has 4 aliphatic heterocycles. The number of ether oxygens (including phenoxy) is 8. The Kier molecular flexibility index (Phi) is 36.0. The lowest BCUT2D eigenvalue weighted by Crippen LogP contribution is -2.34. The smallest absolute Gasteiger partial charge is 0.148 e. The summed E-state index contributed by atoms with van der Waals surface area (Å²) in [6, 6.07) is 52.2. The number of aryl methyl sites for hydroxylation is 7. The number of benzene rings is 7. The van der Waals surface area contributed by atoms with Gasteiger partial charge in [-0.2, -0.15) is 20.4 Å². The largest absolute Gasteiger partial charge is 0.486 e. The molecular formula is C118H122ClF7N14O8. The molecule has 0 bridgehead atoms. The SMILES string of the molecule is Cc1cc(F)cc(C(C)Oc2ccc3n[nH]c(/C=C(\F)c4ccc(CNC5CCOCC5)nc4)c3c2)c1.Cc1cc(F)ccc1C(C)Oc1ccc2n[nH]c(/C=C(\F)c3ccc(CCC4CCOCC4)nc3)c2c1.Cc1cccc(Cl)c1C(C)Oc1ccc2n[nH]c(/C=C(\F)c3ccc(CCC4CCOCC4)nc3)c2c1.Cc1cncc(F)c1C(C)Oc1ccc2n[nH]c(/C=C(\F)c3ccc(CCC4CCOCC4)nc3)c2c1. The Bertz CT molecular complexity index is 7020. The van der Waals surface area contributed by atoms with E-state index in [1.807, 2.05) is 139 Å². The fraction of sp³-hybridized carbons (Fsp3) is 0.331. The summed E-state index contributed by atoms with van der Waals surface area (Å²) in [5.41, 5.74) is 16.9. The minimum absolute atomic E-state index is 0.246. The van der Waals surface area contributed by atoms with Crippen LogP contribution in [0.25, 0.3) is 91.2 Å². The Morgan fingerprint density at radius 1 is 0.378 bits per heavy atom. The topological polar surface area (TPSA) is 265 Å². The van der Waals surface area contributed by atoms with Crippen molar-refractivity contribution >= 4 is 103 Å². The number of nitrogens with one attached hydrogen (secondary N) is 5. The van der Waals surface area contributed by atoms with Gasteiger partial charge in [0.25, 0.3) is 0 Å². The summed E-state index contributed by atoms with van der Waals surface area (Å²) in [6.45, 7) is 22.3. The van der Waals surface area contributed by atoms with Crippen molar-refractivity contribution in [2.75, 3.05) is 52.9 Å².